The fourth-order valence-electron chi connectivity index (χ4n) is 1.31. The van der Waals surface area contributed by atoms with Crippen molar-refractivity contribution in [3.8, 4) is 0 Å². The summed E-state index contributed by atoms with van der Waals surface area (Å²) in [5, 5.41) is 0.616. The van der Waals surface area contributed by atoms with Gasteiger partial charge >= 0.3 is 0 Å². The molecule has 0 unspecified atom stereocenters. The maximum absolute atomic E-state index is 12.9. The molecule has 0 spiro atoms. The quantitative estimate of drug-likeness (QED) is 0.628. The van der Waals surface area contributed by atoms with Gasteiger partial charge in [-0.05, 0) is 25.1 Å². The lowest BCUT2D eigenvalue weighted by Crippen LogP contribution is -1.93. The molecule has 0 N–H and O–H groups in total. The summed E-state index contributed by atoms with van der Waals surface area (Å²) in [6, 6.07) is 4.16. The second-order valence-electron chi connectivity index (χ2n) is 2.85. The molecule has 0 aliphatic heterocycles. The van der Waals surface area contributed by atoms with Gasteiger partial charge in [-0.15, -0.1) is 0 Å². The van der Waals surface area contributed by atoms with Gasteiger partial charge in [0.25, 0.3) is 0 Å². The van der Waals surface area contributed by atoms with Gasteiger partial charge in [0, 0.05) is 5.39 Å². The van der Waals surface area contributed by atoms with Crippen LogP contribution in [0.3, 0.4) is 0 Å². The average molecular weight is 178 g/mol. The van der Waals surface area contributed by atoms with Gasteiger partial charge in [0.2, 0.25) is 0 Å². The van der Waals surface area contributed by atoms with Crippen LogP contribution in [0, 0.1) is 5.82 Å². The standard InChI is InChI=1S/C10H7FO2/c1-6(12)9-5-8(11)4-7-2-3-13-10(7)9/h2-5H,1H3. The Hall–Kier alpha value is -1.64. The van der Waals surface area contributed by atoms with E-state index in [9.17, 15) is 9.18 Å². The Labute approximate surface area is 74.0 Å². The number of carbonyl (C=O) groups is 1. The molecule has 0 radical (unpaired) electrons. The zero-order valence-electron chi connectivity index (χ0n) is 7.00. The molecule has 2 nitrogen and oxygen atoms in total. The number of halogens is 1. The fourth-order valence-corrected chi connectivity index (χ4v) is 1.31. The van der Waals surface area contributed by atoms with E-state index in [0.29, 0.717) is 16.5 Å². The minimum Gasteiger partial charge on any atom is -0.464 e. The summed E-state index contributed by atoms with van der Waals surface area (Å²) in [6.45, 7) is 1.39. The van der Waals surface area contributed by atoms with E-state index in [1.54, 1.807) is 6.07 Å². The van der Waals surface area contributed by atoms with E-state index in [1.807, 2.05) is 0 Å². The highest BCUT2D eigenvalue weighted by Gasteiger charge is 2.10. The second kappa shape index (κ2) is 2.69. The monoisotopic (exact) mass is 178 g/mol. The molecule has 2 rings (SSSR count). The molecular formula is C10H7FO2. The molecule has 0 saturated carbocycles. The normalized spacial score (nSPS) is 10.6. The first-order chi connectivity index (χ1) is 6.18. The van der Waals surface area contributed by atoms with E-state index in [1.165, 1.54) is 25.3 Å². The van der Waals surface area contributed by atoms with E-state index in [2.05, 4.69) is 0 Å². The van der Waals surface area contributed by atoms with Crippen molar-refractivity contribution < 1.29 is 13.6 Å². The third kappa shape index (κ3) is 1.22. The number of rotatable bonds is 1. The molecule has 1 heterocycles. The minimum atomic E-state index is -0.417. The molecule has 1 aromatic heterocycles. The number of fused-ring (bicyclic) bond motifs is 1. The molecule has 0 amide bonds. The van der Waals surface area contributed by atoms with Crippen molar-refractivity contribution >= 4 is 16.8 Å². The molecule has 1 aromatic carbocycles. The van der Waals surface area contributed by atoms with Gasteiger partial charge in [0.05, 0.1) is 11.8 Å². The zero-order valence-corrected chi connectivity index (χ0v) is 7.00. The van der Waals surface area contributed by atoms with Crippen molar-refractivity contribution in [1.29, 1.82) is 0 Å². The van der Waals surface area contributed by atoms with Crippen LogP contribution in [0.4, 0.5) is 4.39 Å². The minimum absolute atomic E-state index is 0.195. The molecule has 13 heavy (non-hydrogen) atoms. The van der Waals surface area contributed by atoms with Crippen LogP contribution in [0.2, 0.25) is 0 Å². The molecular weight excluding hydrogens is 171 g/mol. The van der Waals surface area contributed by atoms with Gasteiger partial charge in [-0.25, -0.2) is 4.39 Å². The predicted molar refractivity (Wildman–Crippen MR) is 46.2 cm³/mol. The number of hydrogen-bond donors (Lipinski definition) is 0. The van der Waals surface area contributed by atoms with Crippen LogP contribution in [-0.4, -0.2) is 5.78 Å². The predicted octanol–water partition coefficient (Wildman–Crippen LogP) is 2.77. The van der Waals surface area contributed by atoms with Crippen molar-refractivity contribution in [2.24, 2.45) is 0 Å². The van der Waals surface area contributed by atoms with Gasteiger partial charge in [-0.3, -0.25) is 4.79 Å². The van der Waals surface area contributed by atoms with Crippen molar-refractivity contribution in [3.05, 3.63) is 35.8 Å². The highest BCUT2D eigenvalue weighted by Crippen LogP contribution is 2.21. The van der Waals surface area contributed by atoms with Crippen LogP contribution < -0.4 is 0 Å². The highest BCUT2D eigenvalue weighted by atomic mass is 19.1. The fraction of sp³-hybridized carbons (Fsp3) is 0.100. The summed E-state index contributed by atoms with van der Waals surface area (Å²) in [4.78, 5) is 11.1. The van der Waals surface area contributed by atoms with Crippen LogP contribution in [0.5, 0.6) is 0 Å². The van der Waals surface area contributed by atoms with Crippen LogP contribution >= 0.6 is 0 Å². The first-order valence-corrected chi connectivity index (χ1v) is 3.86. The van der Waals surface area contributed by atoms with Gasteiger partial charge in [-0.2, -0.15) is 0 Å². The van der Waals surface area contributed by atoms with Crippen molar-refractivity contribution in [3.63, 3.8) is 0 Å². The number of benzene rings is 1. The molecule has 0 fully saturated rings. The Balaban J connectivity index is 2.84. The van der Waals surface area contributed by atoms with Crippen LogP contribution in [-0.2, 0) is 0 Å². The summed E-state index contributed by atoms with van der Waals surface area (Å²) in [5.74, 6) is -0.612. The Morgan fingerprint density at radius 3 is 2.92 bits per heavy atom. The largest absolute Gasteiger partial charge is 0.464 e. The highest BCUT2D eigenvalue weighted by molar-refractivity contribution is 6.04. The number of hydrogen-bond acceptors (Lipinski definition) is 2. The van der Waals surface area contributed by atoms with E-state index < -0.39 is 5.82 Å². The van der Waals surface area contributed by atoms with E-state index >= 15 is 0 Å². The molecule has 0 bridgehead atoms. The first kappa shape index (κ1) is 7.98. The molecule has 3 heteroatoms. The Morgan fingerprint density at radius 1 is 1.46 bits per heavy atom. The smallest absolute Gasteiger partial charge is 0.163 e. The van der Waals surface area contributed by atoms with Crippen LogP contribution in [0.15, 0.2) is 28.9 Å². The number of carbonyl (C=O) groups excluding carboxylic acids is 1. The van der Waals surface area contributed by atoms with Crippen LogP contribution in [0.1, 0.15) is 17.3 Å². The number of Topliss-reactive ketones (excluding diaryl/α,β-unsaturated/α-hetero) is 1. The lowest BCUT2D eigenvalue weighted by molar-refractivity contribution is 0.101. The average Bonchev–Trinajstić information content (AvgIpc) is 2.49. The number of ketones is 1. The van der Waals surface area contributed by atoms with E-state index in [-0.39, 0.29) is 5.78 Å². The summed E-state index contributed by atoms with van der Waals surface area (Å²) >= 11 is 0. The summed E-state index contributed by atoms with van der Waals surface area (Å²) < 4.78 is 18.0. The Bertz CT molecular complexity index is 471. The Morgan fingerprint density at radius 2 is 2.23 bits per heavy atom. The van der Waals surface area contributed by atoms with Crippen molar-refractivity contribution in [2.45, 2.75) is 6.92 Å². The van der Waals surface area contributed by atoms with Crippen molar-refractivity contribution in [2.75, 3.05) is 0 Å². The zero-order chi connectivity index (χ0) is 9.42. The lowest BCUT2D eigenvalue weighted by Gasteiger charge is -1.96. The maximum atomic E-state index is 12.9. The molecule has 0 aliphatic rings. The van der Waals surface area contributed by atoms with E-state index in [4.69, 9.17) is 4.42 Å². The molecule has 0 atom stereocenters. The van der Waals surface area contributed by atoms with Crippen molar-refractivity contribution in [1.82, 2.24) is 0 Å². The number of furan rings is 1. The van der Waals surface area contributed by atoms with Gasteiger partial charge in [-0.1, -0.05) is 0 Å². The second-order valence-corrected chi connectivity index (χ2v) is 2.85. The molecule has 0 aliphatic carbocycles. The molecule has 66 valence electrons. The molecule has 2 aromatic rings. The SMILES string of the molecule is CC(=O)c1cc(F)cc2ccoc12. The summed E-state index contributed by atoms with van der Waals surface area (Å²) in [5.41, 5.74) is 0.744. The van der Waals surface area contributed by atoms with Crippen LogP contribution in [0.25, 0.3) is 11.0 Å². The van der Waals surface area contributed by atoms with Gasteiger partial charge in [0.1, 0.15) is 11.4 Å². The summed E-state index contributed by atoms with van der Waals surface area (Å²) in [7, 11) is 0. The Kier molecular flexibility index (Phi) is 1.65. The first-order valence-electron chi connectivity index (χ1n) is 3.86. The third-order valence-electron chi connectivity index (χ3n) is 1.90. The lowest BCUT2D eigenvalue weighted by atomic mass is 10.1. The topological polar surface area (TPSA) is 30.2 Å². The van der Waals surface area contributed by atoms with Gasteiger partial charge in [0.15, 0.2) is 5.78 Å². The van der Waals surface area contributed by atoms with E-state index in [0.717, 1.165) is 0 Å². The third-order valence-corrected chi connectivity index (χ3v) is 1.90. The van der Waals surface area contributed by atoms with Gasteiger partial charge < -0.3 is 4.42 Å². The molecule has 0 saturated heterocycles. The maximum Gasteiger partial charge on any atom is 0.163 e. The summed E-state index contributed by atoms with van der Waals surface area (Å²) in [6.07, 6.45) is 1.44.